The molecule has 6 nitrogen and oxygen atoms in total. The van der Waals surface area contributed by atoms with Crippen LogP contribution in [0.1, 0.15) is 6.42 Å². The van der Waals surface area contributed by atoms with Gasteiger partial charge < -0.3 is 4.98 Å². The lowest BCUT2D eigenvalue weighted by Crippen LogP contribution is -2.38. The molecule has 2 aromatic carbocycles. The third kappa shape index (κ3) is 3.42. The molecule has 1 aliphatic rings. The van der Waals surface area contributed by atoms with Gasteiger partial charge in [-0.15, -0.1) is 0 Å². The minimum atomic E-state index is -1.06. The van der Waals surface area contributed by atoms with Gasteiger partial charge in [-0.05, 0) is 35.7 Å². The molecule has 0 amide bonds. The molecule has 146 valence electrons. The van der Waals surface area contributed by atoms with Gasteiger partial charge in [-0.25, -0.2) is 18.3 Å². The van der Waals surface area contributed by atoms with Crippen molar-refractivity contribution in [3.63, 3.8) is 0 Å². The Morgan fingerprint density at radius 2 is 1.55 bits per heavy atom. The molecule has 4 aromatic rings. The molecule has 1 fully saturated rings. The number of H-pyrrole nitrogens is 2. The fourth-order valence-corrected chi connectivity index (χ4v) is 4.85. The predicted octanol–water partition coefficient (Wildman–Crippen LogP) is 3.97. The van der Waals surface area contributed by atoms with Gasteiger partial charge >= 0.3 is 5.69 Å². The molecule has 8 heteroatoms. The van der Waals surface area contributed by atoms with Gasteiger partial charge in [0.15, 0.2) is 5.65 Å². The van der Waals surface area contributed by atoms with Gasteiger partial charge in [0.05, 0.1) is 21.1 Å². The number of fused-ring (bicyclic) bond motifs is 1. The highest BCUT2D eigenvalue weighted by atomic mass is 35.5. The van der Waals surface area contributed by atoms with Crippen LogP contribution in [0.2, 0.25) is 5.02 Å². The maximum atomic E-state index is 12.4. The highest BCUT2D eigenvalue weighted by Gasteiger charge is 2.21. The lowest BCUT2D eigenvalue weighted by molar-refractivity contribution is 0.328. The van der Waals surface area contributed by atoms with Gasteiger partial charge in [-0.2, -0.15) is 0 Å². The SMILES string of the molecule is O=c1[nH]c2cc(Cl)c(-c3ccc(-c4ccc(S(=O)N5CCC5)cc4)cc3)nc2[nH]1. The maximum Gasteiger partial charge on any atom is 0.325 e. The first kappa shape index (κ1) is 18.3. The summed E-state index contributed by atoms with van der Waals surface area (Å²) in [6.45, 7) is 1.80. The van der Waals surface area contributed by atoms with Crippen LogP contribution in [0.5, 0.6) is 0 Å². The van der Waals surface area contributed by atoms with E-state index in [0.717, 1.165) is 41.1 Å². The minimum absolute atomic E-state index is 0.311. The van der Waals surface area contributed by atoms with E-state index < -0.39 is 11.0 Å². The number of pyridine rings is 1. The zero-order chi connectivity index (χ0) is 20.0. The molecule has 1 saturated heterocycles. The normalized spacial score (nSPS) is 15.3. The lowest BCUT2D eigenvalue weighted by Gasteiger charge is -2.28. The molecule has 1 atom stereocenters. The molecule has 0 aliphatic carbocycles. The Morgan fingerprint density at radius 3 is 2.17 bits per heavy atom. The van der Waals surface area contributed by atoms with Crippen LogP contribution in [0.25, 0.3) is 33.5 Å². The van der Waals surface area contributed by atoms with Crippen LogP contribution in [0.3, 0.4) is 0 Å². The molecule has 0 saturated carbocycles. The van der Waals surface area contributed by atoms with Crippen molar-refractivity contribution in [1.82, 2.24) is 19.3 Å². The quantitative estimate of drug-likeness (QED) is 0.520. The van der Waals surface area contributed by atoms with Gasteiger partial charge in [0.25, 0.3) is 0 Å². The van der Waals surface area contributed by atoms with Crippen LogP contribution in [-0.4, -0.2) is 36.6 Å². The van der Waals surface area contributed by atoms with Gasteiger partial charge in [0, 0.05) is 18.7 Å². The van der Waals surface area contributed by atoms with Crippen LogP contribution in [-0.2, 0) is 11.0 Å². The van der Waals surface area contributed by atoms with E-state index in [1.165, 1.54) is 0 Å². The standard InChI is InChI=1S/C21H17ClN4O2S/c22-17-12-18-20(25-21(27)23-18)24-19(17)15-4-2-13(3-5-15)14-6-8-16(9-7-14)29(28)26-10-1-11-26/h2-9,12H,1,10-11H2,(H2,23,24,25,27). The molecule has 2 N–H and O–H groups in total. The number of nitrogens with one attached hydrogen (secondary N) is 2. The van der Waals surface area contributed by atoms with Crippen molar-refractivity contribution in [2.45, 2.75) is 11.3 Å². The average molecular weight is 425 g/mol. The number of hydrogen-bond acceptors (Lipinski definition) is 3. The highest BCUT2D eigenvalue weighted by molar-refractivity contribution is 7.82. The van der Waals surface area contributed by atoms with Gasteiger partial charge in [0.2, 0.25) is 0 Å². The zero-order valence-corrected chi connectivity index (χ0v) is 16.9. The molecule has 0 radical (unpaired) electrons. The van der Waals surface area contributed by atoms with E-state index in [9.17, 15) is 9.00 Å². The maximum absolute atomic E-state index is 12.4. The number of rotatable bonds is 4. The molecule has 5 rings (SSSR count). The monoisotopic (exact) mass is 424 g/mol. The molecular weight excluding hydrogens is 408 g/mol. The number of nitrogens with zero attached hydrogens (tertiary/aromatic N) is 2. The summed E-state index contributed by atoms with van der Waals surface area (Å²) < 4.78 is 14.4. The van der Waals surface area contributed by atoms with E-state index in [4.69, 9.17) is 11.6 Å². The van der Waals surface area contributed by atoms with Crippen molar-refractivity contribution >= 4 is 33.8 Å². The van der Waals surface area contributed by atoms with Gasteiger partial charge in [-0.1, -0.05) is 48.0 Å². The van der Waals surface area contributed by atoms with E-state index in [0.29, 0.717) is 21.9 Å². The Bertz CT molecular complexity index is 1280. The predicted molar refractivity (Wildman–Crippen MR) is 115 cm³/mol. The van der Waals surface area contributed by atoms with E-state index in [2.05, 4.69) is 15.0 Å². The van der Waals surface area contributed by atoms with Gasteiger partial charge in [0.1, 0.15) is 11.0 Å². The Labute approximate surface area is 174 Å². The van der Waals surface area contributed by atoms with Crippen molar-refractivity contribution < 1.29 is 4.21 Å². The number of hydrogen-bond donors (Lipinski definition) is 2. The molecule has 1 aliphatic heterocycles. The molecule has 1 unspecified atom stereocenters. The third-order valence-corrected chi connectivity index (χ3v) is 6.85. The van der Waals surface area contributed by atoms with Crippen LogP contribution >= 0.6 is 11.6 Å². The Hall–Kier alpha value is -2.74. The number of aromatic nitrogens is 3. The second kappa shape index (κ2) is 7.26. The summed E-state index contributed by atoms with van der Waals surface area (Å²) in [6.07, 6.45) is 1.11. The minimum Gasteiger partial charge on any atom is -0.304 e. The summed E-state index contributed by atoms with van der Waals surface area (Å²) in [5, 5.41) is 0.471. The second-order valence-corrected chi connectivity index (χ2v) is 8.82. The number of benzene rings is 2. The smallest absolute Gasteiger partial charge is 0.304 e. The second-order valence-electron chi connectivity index (χ2n) is 6.93. The number of imidazole rings is 1. The summed E-state index contributed by atoms with van der Waals surface area (Å²) in [5.41, 5.74) is 4.31. The van der Waals surface area contributed by atoms with Crippen LogP contribution < -0.4 is 5.69 Å². The molecular formula is C21H17ClN4O2S. The zero-order valence-electron chi connectivity index (χ0n) is 15.3. The summed E-state index contributed by atoms with van der Waals surface area (Å²) in [7, 11) is -1.06. The molecule has 3 heterocycles. The van der Waals surface area contributed by atoms with Crippen molar-refractivity contribution in [2.24, 2.45) is 0 Å². The van der Waals surface area contributed by atoms with E-state index in [1.54, 1.807) is 6.07 Å². The van der Waals surface area contributed by atoms with E-state index >= 15 is 0 Å². The molecule has 2 aromatic heterocycles. The fourth-order valence-electron chi connectivity index (χ4n) is 3.33. The average Bonchev–Trinajstić information content (AvgIpc) is 3.05. The Kier molecular flexibility index (Phi) is 4.58. The molecule has 0 bridgehead atoms. The molecule has 29 heavy (non-hydrogen) atoms. The topological polar surface area (TPSA) is 81.8 Å². The summed E-state index contributed by atoms with van der Waals surface area (Å²) in [4.78, 5) is 22.1. The largest absolute Gasteiger partial charge is 0.325 e. The first-order chi connectivity index (χ1) is 14.1. The Balaban J connectivity index is 1.42. The van der Waals surface area contributed by atoms with Gasteiger partial charge in [-0.3, -0.25) is 4.98 Å². The Morgan fingerprint density at radius 1 is 0.931 bits per heavy atom. The van der Waals surface area contributed by atoms with Crippen molar-refractivity contribution in [3.8, 4) is 22.4 Å². The first-order valence-electron chi connectivity index (χ1n) is 9.25. The molecule has 0 spiro atoms. The number of halogens is 1. The van der Waals surface area contributed by atoms with Crippen molar-refractivity contribution in [2.75, 3.05) is 13.1 Å². The first-order valence-corrected chi connectivity index (χ1v) is 10.7. The van der Waals surface area contributed by atoms with Crippen LogP contribution in [0, 0.1) is 0 Å². The summed E-state index contributed by atoms with van der Waals surface area (Å²) in [5.74, 6) is 0. The highest BCUT2D eigenvalue weighted by Crippen LogP contribution is 2.30. The van der Waals surface area contributed by atoms with Crippen LogP contribution in [0.4, 0.5) is 0 Å². The fraction of sp³-hybridized carbons (Fsp3) is 0.143. The summed E-state index contributed by atoms with van der Waals surface area (Å²) >= 11 is 6.36. The summed E-state index contributed by atoms with van der Waals surface area (Å²) in [6, 6.07) is 17.4. The van der Waals surface area contributed by atoms with Crippen molar-refractivity contribution in [1.29, 1.82) is 0 Å². The van der Waals surface area contributed by atoms with Crippen molar-refractivity contribution in [3.05, 3.63) is 70.1 Å². The lowest BCUT2D eigenvalue weighted by atomic mass is 10.0. The van der Waals surface area contributed by atoms with E-state index in [1.807, 2.05) is 52.8 Å². The van der Waals surface area contributed by atoms with E-state index in [-0.39, 0.29) is 5.69 Å². The number of aromatic amines is 2. The van der Waals surface area contributed by atoms with Crippen LogP contribution in [0.15, 0.2) is 64.3 Å². The third-order valence-electron chi connectivity index (χ3n) is 5.05.